The highest BCUT2D eigenvalue weighted by atomic mass is 35.5. The van der Waals surface area contributed by atoms with E-state index in [1.54, 1.807) is 23.1 Å². The number of hydrogen-bond donors (Lipinski definition) is 1. The van der Waals surface area contributed by atoms with E-state index in [2.05, 4.69) is 0 Å². The summed E-state index contributed by atoms with van der Waals surface area (Å²) in [5.41, 5.74) is 1.98. The number of sulfone groups is 1. The highest BCUT2D eigenvalue weighted by molar-refractivity contribution is 7.92. The van der Waals surface area contributed by atoms with Crippen molar-refractivity contribution in [1.29, 1.82) is 0 Å². The van der Waals surface area contributed by atoms with E-state index in [1.165, 1.54) is 24.3 Å². The molecule has 0 unspecified atom stereocenters. The summed E-state index contributed by atoms with van der Waals surface area (Å²) in [5, 5.41) is 9.63. The fourth-order valence-corrected chi connectivity index (χ4v) is 9.89. The molecule has 2 atom stereocenters. The molecule has 232 valence electrons. The Labute approximate surface area is 259 Å². The van der Waals surface area contributed by atoms with E-state index in [-0.39, 0.29) is 41.3 Å². The van der Waals surface area contributed by atoms with Crippen LogP contribution in [0.3, 0.4) is 0 Å². The van der Waals surface area contributed by atoms with Crippen LogP contribution in [0.15, 0.2) is 65.6 Å². The van der Waals surface area contributed by atoms with Gasteiger partial charge in [0.05, 0.1) is 21.9 Å². The monoisotopic (exact) mass is 643 g/mol. The van der Waals surface area contributed by atoms with Crippen molar-refractivity contribution in [2.75, 3.05) is 6.54 Å². The summed E-state index contributed by atoms with van der Waals surface area (Å²) in [6.45, 7) is 0.329. The van der Waals surface area contributed by atoms with Gasteiger partial charge in [-0.3, -0.25) is 9.59 Å². The molecule has 1 saturated heterocycles. The van der Waals surface area contributed by atoms with Crippen LogP contribution >= 0.6 is 11.6 Å². The van der Waals surface area contributed by atoms with Crippen molar-refractivity contribution in [3.8, 4) is 5.75 Å². The molecule has 0 bridgehead atoms. The number of carboxylic acids is 1. The SMILES string of the molecule is O=C(O)C1CCC(C(=O)N2CC[C@@]3(S(=O)(=O)c4ccc(F)cc4)c4ccc(OCc5ccc(F)cc5Cl)cc4CC[C@@H]23)CC1. The number of aliphatic carboxylic acids is 1. The largest absolute Gasteiger partial charge is 0.489 e. The Morgan fingerprint density at radius 1 is 0.932 bits per heavy atom. The van der Waals surface area contributed by atoms with Gasteiger partial charge < -0.3 is 14.7 Å². The van der Waals surface area contributed by atoms with Crippen molar-refractivity contribution in [3.63, 3.8) is 0 Å². The molecule has 7 nitrogen and oxygen atoms in total. The van der Waals surface area contributed by atoms with Crippen molar-refractivity contribution in [2.45, 2.75) is 67.2 Å². The van der Waals surface area contributed by atoms with Crippen molar-refractivity contribution >= 4 is 33.3 Å². The molecule has 0 spiro atoms. The normalized spacial score (nSPS) is 24.8. The molecule has 2 aliphatic carbocycles. The molecule has 3 aromatic rings. The van der Waals surface area contributed by atoms with Gasteiger partial charge in [0.1, 0.15) is 28.7 Å². The van der Waals surface area contributed by atoms with Crippen LogP contribution < -0.4 is 4.74 Å². The number of ether oxygens (including phenoxy) is 1. The lowest BCUT2D eigenvalue weighted by Crippen LogP contribution is -2.53. The van der Waals surface area contributed by atoms with Crippen LogP contribution in [-0.4, -0.2) is 42.9 Å². The van der Waals surface area contributed by atoms with E-state index >= 15 is 0 Å². The molecule has 2 fully saturated rings. The summed E-state index contributed by atoms with van der Waals surface area (Å²) in [6, 6.07) is 13.4. The Hall–Kier alpha value is -3.50. The summed E-state index contributed by atoms with van der Waals surface area (Å²) in [6.07, 6.45) is 2.81. The molecule has 11 heteroatoms. The molecule has 1 aliphatic heterocycles. The first kappa shape index (κ1) is 30.5. The number of nitrogens with zero attached hydrogens (tertiary/aromatic N) is 1. The topological polar surface area (TPSA) is 101 Å². The number of amides is 1. The smallest absolute Gasteiger partial charge is 0.306 e. The fourth-order valence-electron chi connectivity index (χ4n) is 7.30. The van der Waals surface area contributed by atoms with Gasteiger partial charge in [0.15, 0.2) is 9.84 Å². The van der Waals surface area contributed by atoms with Crippen LogP contribution in [0.2, 0.25) is 5.02 Å². The third-order valence-corrected chi connectivity index (χ3v) is 12.5. The van der Waals surface area contributed by atoms with Crippen molar-refractivity contribution in [1.82, 2.24) is 4.90 Å². The Kier molecular flexibility index (Phi) is 8.17. The van der Waals surface area contributed by atoms with Gasteiger partial charge in [-0.1, -0.05) is 23.7 Å². The fraction of sp³-hybridized carbons (Fsp3) is 0.394. The number of carboxylic acid groups (broad SMARTS) is 1. The quantitative estimate of drug-likeness (QED) is 0.303. The Morgan fingerprint density at radius 3 is 2.30 bits per heavy atom. The number of halogens is 3. The Bertz CT molecular complexity index is 1710. The van der Waals surface area contributed by atoms with E-state index in [1.807, 2.05) is 6.07 Å². The van der Waals surface area contributed by atoms with Gasteiger partial charge in [-0.2, -0.15) is 0 Å². The second-order valence-corrected chi connectivity index (χ2v) is 14.5. The second-order valence-electron chi connectivity index (χ2n) is 11.9. The van der Waals surface area contributed by atoms with Gasteiger partial charge in [0, 0.05) is 18.0 Å². The zero-order chi connectivity index (χ0) is 31.2. The lowest BCUT2D eigenvalue weighted by atomic mass is 9.77. The number of aryl methyl sites for hydroxylation is 1. The molecule has 1 N–H and O–H groups in total. The van der Waals surface area contributed by atoms with Crippen LogP contribution in [0.5, 0.6) is 5.75 Å². The van der Waals surface area contributed by atoms with E-state index < -0.39 is 44.1 Å². The minimum Gasteiger partial charge on any atom is -0.489 e. The first-order chi connectivity index (χ1) is 21.0. The zero-order valence-electron chi connectivity index (χ0n) is 23.8. The third-order valence-electron chi connectivity index (χ3n) is 9.58. The van der Waals surface area contributed by atoms with E-state index in [0.717, 1.165) is 17.7 Å². The number of fused-ring (bicyclic) bond motifs is 3. The molecule has 0 aromatic heterocycles. The first-order valence-electron chi connectivity index (χ1n) is 14.7. The lowest BCUT2D eigenvalue weighted by molar-refractivity contribution is -0.146. The number of rotatable bonds is 7. The molecule has 3 aliphatic rings. The average molecular weight is 644 g/mol. The van der Waals surface area contributed by atoms with Gasteiger partial charge in [-0.05, 0) is 105 Å². The predicted octanol–water partition coefficient (Wildman–Crippen LogP) is 6.30. The van der Waals surface area contributed by atoms with Crippen molar-refractivity contribution < 1.29 is 36.6 Å². The predicted molar refractivity (Wildman–Crippen MR) is 159 cm³/mol. The first-order valence-corrected chi connectivity index (χ1v) is 16.6. The number of carbonyl (C=O) groups excluding carboxylic acids is 1. The van der Waals surface area contributed by atoms with Gasteiger partial charge >= 0.3 is 5.97 Å². The van der Waals surface area contributed by atoms with Crippen molar-refractivity contribution in [3.05, 3.63) is 94.0 Å². The maximum atomic E-state index is 14.6. The third kappa shape index (κ3) is 5.26. The zero-order valence-corrected chi connectivity index (χ0v) is 25.4. The van der Waals surface area contributed by atoms with Crippen LogP contribution in [0, 0.1) is 23.5 Å². The number of likely N-dealkylation sites (tertiary alicyclic amines) is 1. The Balaban J connectivity index is 1.34. The summed E-state index contributed by atoms with van der Waals surface area (Å²) >= 11 is 6.16. The number of carbonyl (C=O) groups is 2. The maximum absolute atomic E-state index is 14.6. The molecule has 44 heavy (non-hydrogen) atoms. The van der Waals surface area contributed by atoms with Gasteiger partial charge in [0.2, 0.25) is 5.91 Å². The molecule has 6 rings (SSSR count). The minimum absolute atomic E-state index is 0.0145. The number of hydrogen-bond acceptors (Lipinski definition) is 5. The highest BCUT2D eigenvalue weighted by Gasteiger charge is 2.61. The Morgan fingerprint density at radius 2 is 1.61 bits per heavy atom. The van der Waals surface area contributed by atoms with Crippen LogP contribution in [-0.2, 0) is 37.2 Å². The van der Waals surface area contributed by atoms with Gasteiger partial charge in [-0.25, -0.2) is 17.2 Å². The van der Waals surface area contributed by atoms with E-state index in [4.69, 9.17) is 16.3 Å². The summed E-state index contributed by atoms with van der Waals surface area (Å²) in [7, 11) is -4.12. The molecule has 3 aromatic carbocycles. The minimum atomic E-state index is -4.12. The molecule has 0 radical (unpaired) electrons. The molecule has 1 heterocycles. The summed E-state index contributed by atoms with van der Waals surface area (Å²) < 4.78 is 61.0. The average Bonchev–Trinajstić information content (AvgIpc) is 3.42. The van der Waals surface area contributed by atoms with Gasteiger partial charge in [-0.15, -0.1) is 0 Å². The van der Waals surface area contributed by atoms with Crippen LogP contribution in [0.25, 0.3) is 0 Å². The van der Waals surface area contributed by atoms with Crippen molar-refractivity contribution in [2.24, 2.45) is 11.8 Å². The molecule has 1 amide bonds. The van der Waals surface area contributed by atoms with Crippen LogP contribution in [0.4, 0.5) is 8.78 Å². The van der Waals surface area contributed by atoms with E-state index in [0.29, 0.717) is 55.4 Å². The molecular weight excluding hydrogens is 612 g/mol. The van der Waals surface area contributed by atoms with Gasteiger partial charge in [0.25, 0.3) is 0 Å². The lowest BCUT2D eigenvalue weighted by Gasteiger charge is -2.43. The molecule has 1 saturated carbocycles. The summed E-state index contributed by atoms with van der Waals surface area (Å²) in [5.74, 6) is -2.31. The van der Waals surface area contributed by atoms with Crippen LogP contribution in [0.1, 0.15) is 55.2 Å². The highest BCUT2D eigenvalue weighted by Crippen LogP contribution is 2.53. The molecular formula is C33H32ClF2NO6S. The standard InChI is InChI=1S/C33H32ClF2NO6S/c34-29-18-25(36)7-5-23(29)19-43-26-10-13-28-22(17-26)6-14-30-33(28,44(41,42)27-11-8-24(35)9-12-27)15-16-37(30)31(38)20-1-3-21(4-2-20)32(39)40/h5,7-13,17-18,20-21,30H,1-4,6,14-16,19H2,(H,39,40)/t20?,21?,30-,33-/m1/s1. The summed E-state index contributed by atoms with van der Waals surface area (Å²) in [4.78, 5) is 27.0. The maximum Gasteiger partial charge on any atom is 0.306 e. The van der Waals surface area contributed by atoms with E-state index in [9.17, 15) is 31.9 Å². The number of benzene rings is 3. The second kappa shape index (κ2) is 11.8.